The highest BCUT2D eigenvalue weighted by Crippen LogP contribution is 2.39. The van der Waals surface area contributed by atoms with E-state index in [2.05, 4.69) is 32.8 Å². The van der Waals surface area contributed by atoms with E-state index in [0.29, 0.717) is 17.8 Å². The first-order valence-electron chi connectivity index (χ1n) is 12.4. The van der Waals surface area contributed by atoms with Gasteiger partial charge in [-0.25, -0.2) is 0 Å². The number of hydrogen-bond acceptors (Lipinski definition) is 6. The van der Waals surface area contributed by atoms with Crippen molar-refractivity contribution in [3.8, 4) is 0 Å². The number of carbonyl (C=O) groups excluding carboxylic acids is 2. The maximum atomic E-state index is 12.8. The fourth-order valence-electron chi connectivity index (χ4n) is 4.72. The number of amides is 2. The number of carbonyl (C=O) groups is 2. The Morgan fingerprint density at radius 1 is 1.03 bits per heavy atom. The van der Waals surface area contributed by atoms with Crippen molar-refractivity contribution in [2.45, 2.75) is 38.2 Å². The lowest BCUT2D eigenvalue weighted by Crippen LogP contribution is -2.45. The summed E-state index contributed by atoms with van der Waals surface area (Å²) < 4.78 is 5.26. The minimum Gasteiger partial charge on any atom is -0.459 e. The zero-order valence-corrected chi connectivity index (χ0v) is 20.3. The van der Waals surface area contributed by atoms with Crippen molar-refractivity contribution in [1.29, 1.82) is 0 Å². The third-order valence-electron chi connectivity index (χ3n) is 6.75. The van der Waals surface area contributed by atoms with Gasteiger partial charge in [0.15, 0.2) is 5.76 Å². The summed E-state index contributed by atoms with van der Waals surface area (Å²) >= 11 is 0. The van der Waals surface area contributed by atoms with Crippen LogP contribution in [0.5, 0.6) is 0 Å². The molecule has 5 rings (SSSR count). The van der Waals surface area contributed by atoms with Gasteiger partial charge in [-0.3, -0.25) is 9.59 Å². The average Bonchev–Trinajstić information content (AvgIpc) is 3.60. The van der Waals surface area contributed by atoms with Crippen LogP contribution >= 0.6 is 0 Å². The van der Waals surface area contributed by atoms with E-state index in [1.54, 1.807) is 24.3 Å². The van der Waals surface area contributed by atoms with Crippen LogP contribution in [0.1, 0.15) is 59.1 Å². The van der Waals surface area contributed by atoms with Crippen LogP contribution in [0.25, 0.3) is 0 Å². The van der Waals surface area contributed by atoms with Crippen molar-refractivity contribution in [3.63, 3.8) is 0 Å². The van der Waals surface area contributed by atoms with E-state index in [0.717, 1.165) is 55.7 Å². The van der Waals surface area contributed by atoms with Crippen molar-refractivity contribution in [3.05, 3.63) is 83.8 Å². The zero-order valence-electron chi connectivity index (χ0n) is 20.3. The number of nitrogens with one attached hydrogen (secondary N) is 2. The number of oxime groups is 1. The van der Waals surface area contributed by atoms with Crippen molar-refractivity contribution in [2.24, 2.45) is 5.16 Å². The fraction of sp³-hybridized carbons (Fsp3) is 0.321. The molecule has 0 unspecified atom stereocenters. The normalized spacial score (nSPS) is 16.4. The largest absolute Gasteiger partial charge is 0.459 e. The van der Waals surface area contributed by atoms with Gasteiger partial charge in [0.2, 0.25) is 0 Å². The number of rotatable bonds is 7. The van der Waals surface area contributed by atoms with E-state index in [1.165, 1.54) is 6.26 Å². The third-order valence-corrected chi connectivity index (χ3v) is 6.75. The summed E-state index contributed by atoms with van der Waals surface area (Å²) in [4.78, 5) is 33.6. The summed E-state index contributed by atoms with van der Waals surface area (Å²) in [7, 11) is 0. The Hall–Kier alpha value is -4.07. The molecular formula is C28H30N4O4. The molecule has 36 heavy (non-hydrogen) atoms. The monoisotopic (exact) mass is 486 g/mol. The van der Waals surface area contributed by atoms with Crippen LogP contribution < -0.4 is 15.5 Å². The van der Waals surface area contributed by atoms with Crippen molar-refractivity contribution in [1.82, 2.24) is 5.32 Å². The molecule has 8 nitrogen and oxygen atoms in total. The second kappa shape index (κ2) is 10.3. The van der Waals surface area contributed by atoms with Crippen LogP contribution in [0.15, 0.2) is 76.5 Å². The van der Waals surface area contributed by atoms with E-state index in [4.69, 9.17) is 9.25 Å². The Morgan fingerprint density at radius 2 is 1.83 bits per heavy atom. The molecule has 2 N–H and O–H groups in total. The summed E-state index contributed by atoms with van der Waals surface area (Å²) in [5.74, 6) is -0.315. The first-order valence-corrected chi connectivity index (χ1v) is 12.4. The lowest BCUT2D eigenvalue weighted by atomic mass is 9.85. The quantitative estimate of drug-likeness (QED) is 0.498. The smallest absolute Gasteiger partial charge is 0.291 e. The topological polar surface area (TPSA) is 96.2 Å². The molecule has 2 aliphatic rings. The molecular weight excluding hydrogens is 456 g/mol. The summed E-state index contributed by atoms with van der Waals surface area (Å²) in [5, 5.41) is 10.2. The van der Waals surface area contributed by atoms with E-state index < -0.39 is 0 Å². The zero-order chi connectivity index (χ0) is 25.0. The molecule has 1 fully saturated rings. The molecule has 3 aromatic rings. The van der Waals surface area contributed by atoms with Crippen LogP contribution in [0.3, 0.4) is 0 Å². The molecule has 1 saturated heterocycles. The van der Waals surface area contributed by atoms with Gasteiger partial charge in [-0.15, -0.1) is 0 Å². The molecule has 8 heteroatoms. The van der Waals surface area contributed by atoms with Crippen LogP contribution in [-0.4, -0.2) is 42.8 Å². The highest BCUT2D eigenvalue weighted by molar-refractivity contribution is 6.06. The standard InChI is InChI=1S/C28H30N4O4/c1-2-14-29-26(33)21-10-11-24(22(18-21)30-27(34)25-9-6-17-35-25)32-15-12-28(13-16-32)19-23(31-36-28)20-7-4-3-5-8-20/h3-11,17-18H,2,12-16,19H2,1H3,(H,29,33)(H,30,34). The van der Waals surface area contributed by atoms with Gasteiger partial charge in [-0.1, -0.05) is 42.4 Å². The molecule has 1 aromatic heterocycles. The van der Waals surface area contributed by atoms with Gasteiger partial charge in [0.05, 0.1) is 23.3 Å². The lowest BCUT2D eigenvalue weighted by molar-refractivity contribution is -0.0359. The number of nitrogens with zero attached hydrogens (tertiary/aromatic N) is 2. The molecule has 1 spiro atoms. The van der Waals surface area contributed by atoms with E-state index in [1.807, 2.05) is 31.2 Å². The van der Waals surface area contributed by atoms with Crippen LogP contribution in [0.4, 0.5) is 11.4 Å². The van der Waals surface area contributed by atoms with Gasteiger partial charge >= 0.3 is 0 Å². The number of hydrogen-bond donors (Lipinski definition) is 2. The molecule has 0 aliphatic carbocycles. The Bertz CT molecular complexity index is 1250. The second-order valence-electron chi connectivity index (χ2n) is 9.26. The summed E-state index contributed by atoms with van der Waals surface area (Å²) in [5.41, 5.74) is 3.70. The lowest BCUT2D eigenvalue weighted by Gasteiger charge is -2.39. The predicted molar refractivity (Wildman–Crippen MR) is 139 cm³/mol. The molecule has 0 bridgehead atoms. The number of furan rings is 1. The molecule has 2 amide bonds. The maximum Gasteiger partial charge on any atom is 0.291 e. The van der Waals surface area contributed by atoms with Gasteiger partial charge in [0, 0.05) is 44.5 Å². The SMILES string of the molecule is CCCNC(=O)c1ccc(N2CCC3(CC2)CC(c2ccccc2)=NO3)c(NC(=O)c2ccco2)c1. The maximum absolute atomic E-state index is 12.8. The van der Waals surface area contributed by atoms with Gasteiger partial charge in [0.25, 0.3) is 11.8 Å². The van der Waals surface area contributed by atoms with Gasteiger partial charge in [-0.2, -0.15) is 0 Å². The minimum absolute atomic E-state index is 0.167. The summed E-state index contributed by atoms with van der Waals surface area (Å²) in [6.45, 7) is 4.07. The minimum atomic E-state index is -0.360. The molecule has 0 radical (unpaired) electrons. The molecule has 0 atom stereocenters. The Morgan fingerprint density at radius 3 is 2.56 bits per heavy atom. The third kappa shape index (κ3) is 4.98. The Labute approximate surface area is 210 Å². The van der Waals surface area contributed by atoms with Crippen LogP contribution in [0.2, 0.25) is 0 Å². The molecule has 0 saturated carbocycles. The predicted octanol–water partition coefficient (Wildman–Crippen LogP) is 4.84. The first-order chi connectivity index (χ1) is 17.6. The van der Waals surface area contributed by atoms with Crippen LogP contribution in [-0.2, 0) is 4.84 Å². The first kappa shape index (κ1) is 23.7. The number of piperidine rings is 1. The number of benzene rings is 2. The highest BCUT2D eigenvalue weighted by Gasteiger charge is 2.42. The Balaban J connectivity index is 1.32. The highest BCUT2D eigenvalue weighted by atomic mass is 16.7. The number of anilines is 2. The van der Waals surface area contributed by atoms with Gasteiger partial charge in [-0.05, 0) is 42.3 Å². The van der Waals surface area contributed by atoms with E-state index in [9.17, 15) is 9.59 Å². The van der Waals surface area contributed by atoms with Gasteiger partial charge in [0.1, 0.15) is 5.60 Å². The van der Waals surface area contributed by atoms with Crippen molar-refractivity contribution in [2.75, 3.05) is 29.9 Å². The second-order valence-corrected chi connectivity index (χ2v) is 9.26. The van der Waals surface area contributed by atoms with Gasteiger partial charge < -0.3 is 24.8 Å². The Kier molecular flexibility index (Phi) is 6.75. The molecule has 3 heterocycles. The summed E-state index contributed by atoms with van der Waals surface area (Å²) in [6.07, 6.45) is 4.69. The van der Waals surface area contributed by atoms with Crippen molar-refractivity contribution >= 4 is 28.9 Å². The van der Waals surface area contributed by atoms with Crippen molar-refractivity contribution < 1.29 is 18.8 Å². The fourth-order valence-corrected chi connectivity index (χ4v) is 4.72. The average molecular weight is 487 g/mol. The van der Waals surface area contributed by atoms with E-state index >= 15 is 0 Å². The van der Waals surface area contributed by atoms with E-state index in [-0.39, 0.29) is 23.2 Å². The van der Waals surface area contributed by atoms with Crippen LogP contribution in [0, 0.1) is 0 Å². The summed E-state index contributed by atoms with van der Waals surface area (Å²) in [6, 6.07) is 18.8. The molecule has 2 aromatic carbocycles. The molecule has 2 aliphatic heterocycles. The molecule has 186 valence electrons.